The van der Waals surface area contributed by atoms with Crippen molar-refractivity contribution in [1.29, 1.82) is 0 Å². The summed E-state index contributed by atoms with van der Waals surface area (Å²) < 4.78 is 11.7. The molecule has 5 nitrogen and oxygen atoms in total. The van der Waals surface area contributed by atoms with E-state index in [1.165, 1.54) is 25.7 Å². The van der Waals surface area contributed by atoms with Gasteiger partial charge in [-0.25, -0.2) is 4.79 Å². The second-order valence-electron chi connectivity index (χ2n) is 7.51. The molecule has 22 heavy (non-hydrogen) atoms. The third-order valence-corrected chi connectivity index (χ3v) is 6.42. The van der Waals surface area contributed by atoms with Crippen LogP contribution in [-0.4, -0.2) is 43.0 Å². The van der Waals surface area contributed by atoms with Crippen molar-refractivity contribution in [3.8, 4) is 0 Å². The minimum atomic E-state index is -0.00706. The van der Waals surface area contributed by atoms with Crippen LogP contribution in [0.1, 0.15) is 58.3 Å². The molecular formula is C17H28N2O3. The van der Waals surface area contributed by atoms with Crippen LogP contribution in [-0.2, 0) is 9.47 Å². The first-order chi connectivity index (χ1) is 10.7. The van der Waals surface area contributed by atoms with Gasteiger partial charge in [-0.15, -0.1) is 0 Å². The van der Waals surface area contributed by atoms with Crippen molar-refractivity contribution < 1.29 is 14.3 Å². The van der Waals surface area contributed by atoms with Crippen molar-refractivity contribution in [3.05, 3.63) is 0 Å². The Morgan fingerprint density at radius 3 is 2.68 bits per heavy atom. The van der Waals surface area contributed by atoms with Gasteiger partial charge in [0, 0.05) is 18.1 Å². The average Bonchev–Trinajstić information content (AvgIpc) is 3.23. The summed E-state index contributed by atoms with van der Waals surface area (Å²) in [6, 6.07) is 0.486. The Bertz CT molecular complexity index is 436. The molecule has 4 rings (SSSR count). The zero-order chi connectivity index (χ0) is 15.2. The number of carbonyl (C=O) groups excluding carboxylic acids is 1. The molecule has 4 aliphatic rings. The summed E-state index contributed by atoms with van der Waals surface area (Å²) in [5, 5.41) is 6.39. The molecule has 2 bridgehead atoms. The number of hydrogen-bond acceptors (Lipinski definition) is 3. The van der Waals surface area contributed by atoms with E-state index in [1.807, 2.05) is 0 Å². The lowest BCUT2D eigenvalue weighted by atomic mass is 9.60. The maximum atomic E-state index is 12.4. The second kappa shape index (κ2) is 5.68. The molecule has 2 aliphatic carbocycles. The smallest absolute Gasteiger partial charge is 0.315 e. The maximum absolute atomic E-state index is 12.4. The van der Waals surface area contributed by atoms with Crippen molar-refractivity contribution in [2.45, 2.75) is 88.7 Å². The Balaban J connectivity index is 1.32. The van der Waals surface area contributed by atoms with Gasteiger partial charge in [-0.3, -0.25) is 0 Å². The number of rotatable bonds is 4. The molecule has 0 aromatic heterocycles. The summed E-state index contributed by atoms with van der Waals surface area (Å²) in [6.07, 6.45) is 10.1. The topological polar surface area (TPSA) is 59.6 Å². The zero-order valence-electron chi connectivity index (χ0n) is 13.5. The second-order valence-corrected chi connectivity index (χ2v) is 7.51. The van der Waals surface area contributed by atoms with Crippen LogP contribution in [0.3, 0.4) is 0 Å². The van der Waals surface area contributed by atoms with E-state index in [9.17, 15) is 4.79 Å². The van der Waals surface area contributed by atoms with Crippen LogP contribution in [0.15, 0.2) is 0 Å². The van der Waals surface area contributed by atoms with Gasteiger partial charge >= 0.3 is 6.03 Å². The third-order valence-electron chi connectivity index (χ3n) is 6.42. The standard InChI is InChI=1S/C17H28N2O3/c1-2-21-15-10-14(17(15)7-3-4-8-17)19-16(20)18-12-9-11-5-6-13(12)22-11/h11-15H,2-10H2,1H3,(H2,18,19,20)/t11-,12+,13-,14+,15-/m1/s1. The SMILES string of the molecule is CCO[C@@H]1C[C@H](NC(=O)N[C@H]2C[C@H]3CC[C@H]2O3)C12CCCC2. The highest BCUT2D eigenvalue weighted by molar-refractivity contribution is 5.75. The number of nitrogens with one attached hydrogen (secondary N) is 2. The molecule has 124 valence electrons. The number of carbonyl (C=O) groups is 1. The normalized spacial score (nSPS) is 41.6. The van der Waals surface area contributed by atoms with Gasteiger partial charge in [-0.05, 0) is 45.4 Å². The van der Waals surface area contributed by atoms with E-state index < -0.39 is 0 Å². The van der Waals surface area contributed by atoms with Crippen LogP contribution < -0.4 is 10.6 Å². The predicted octanol–water partition coefficient (Wildman–Crippen LogP) is 2.34. The lowest BCUT2D eigenvalue weighted by molar-refractivity contribution is -0.126. The Hall–Kier alpha value is -0.810. The highest BCUT2D eigenvalue weighted by Gasteiger charge is 2.57. The molecule has 2 N–H and O–H groups in total. The molecule has 0 aromatic rings. The highest BCUT2D eigenvalue weighted by Crippen LogP contribution is 2.54. The molecule has 2 saturated heterocycles. The first kappa shape index (κ1) is 14.8. The number of ether oxygens (including phenoxy) is 2. The van der Waals surface area contributed by atoms with E-state index in [2.05, 4.69) is 17.6 Å². The first-order valence-electron chi connectivity index (χ1n) is 9.05. The largest absolute Gasteiger partial charge is 0.378 e. The molecule has 2 aliphatic heterocycles. The Labute approximate surface area is 132 Å². The summed E-state index contributed by atoms with van der Waals surface area (Å²) >= 11 is 0. The van der Waals surface area contributed by atoms with E-state index in [4.69, 9.17) is 9.47 Å². The van der Waals surface area contributed by atoms with Crippen molar-refractivity contribution >= 4 is 6.03 Å². The fraction of sp³-hybridized carbons (Fsp3) is 0.941. The molecule has 5 heteroatoms. The monoisotopic (exact) mass is 308 g/mol. The molecule has 0 unspecified atom stereocenters. The Kier molecular flexibility index (Phi) is 3.81. The van der Waals surface area contributed by atoms with Crippen LogP contribution >= 0.6 is 0 Å². The fourth-order valence-corrected chi connectivity index (χ4v) is 5.25. The fourth-order valence-electron chi connectivity index (χ4n) is 5.25. The summed E-state index contributed by atoms with van der Waals surface area (Å²) in [5.41, 5.74) is 0.207. The number of amides is 2. The van der Waals surface area contributed by atoms with Gasteiger partial charge in [0.2, 0.25) is 0 Å². The first-order valence-corrected chi connectivity index (χ1v) is 9.05. The van der Waals surface area contributed by atoms with Gasteiger partial charge in [0.1, 0.15) is 0 Å². The summed E-state index contributed by atoms with van der Waals surface area (Å²) in [5.74, 6) is 0. The van der Waals surface area contributed by atoms with Crippen LogP contribution in [0.5, 0.6) is 0 Å². The van der Waals surface area contributed by atoms with E-state index in [0.717, 1.165) is 32.3 Å². The molecule has 2 saturated carbocycles. The van der Waals surface area contributed by atoms with Crippen molar-refractivity contribution in [3.63, 3.8) is 0 Å². The lowest BCUT2D eigenvalue weighted by Crippen LogP contribution is -2.65. The lowest BCUT2D eigenvalue weighted by Gasteiger charge is -2.54. The summed E-state index contributed by atoms with van der Waals surface area (Å²) in [4.78, 5) is 12.4. The van der Waals surface area contributed by atoms with Gasteiger partial charge in [-0.2, -0.15) is 0 Å². The molecule has 2 amide bonds. The molecular weight excluding hydrogens is 280 g/mol. The Morgan fingerprint density at radius 1 is 1.23 bits per heavy atom. The molecule has 4 fully saturated rings. The minimum Gasteiger partial charge on any atom is -0.378 e. The summed E-state index contributed by atoms with van der Waals surface area (Å²) in [6.45, 7) is 2.83. The maximum Gasteiger partial charge on any atom is 0.315 e. The quantitative estimate of drug-likeness (QED) is 0.838. The van der Waals surface area contributed by atoms with Crippen LogP contribution in [0.4, 0.5) is 4.79 Å². The van der Waals surface area contributed by atoms with Crippen molar-refractivity contribution in [2.24, 2.45) is 5.41 Å². The van der Waals surface area contributed by atoms with Gasteiger partial charge in [0.15, 0.2) is 0 Å². The molecule has 0 radical (unpaired) electrons. The summed E-state index contributed by atoms with van der Waals surface area (Å²) in [7, 11) is 0. The van der Waals surface area contributed by atoms with Crippen LogP contribution in [0.2, 0.25) is 0 Å². The van der Waals surface area contributed by atoms with Gasteiger partial charge in [0.25, 0.3) is 0 Å². The van der Waals surface area contributed by atoms with Crippen molar-refractivity contribution in [1.82, 2.24) is 10.6 Å². The van der Waals surface area contributed by atoms with E-state index in [1.54, 1.807) is 0 Å². The highest BCUT2D eigenvalue weighted by atomic mass is 16.5. The van der Waals surface area contributed by atoms with Gasteiger partial charge in [0.05, 0.1) is 24.4 Å². The van der Waals surface area contributed by atoms with Gasteiger partial charge in [-0.1, -0.05) is 12.8 Å². The number of urea groups is 1. The predicted molar refractivity (Wildman–Crippen MR) is 82.7 cm³/mol. The van der Waals surface area contributed by atoms with E-state index in [-0.39, 0.29) is 29.6 Å². The van der Waals surface area contributed by atoms with Crippen LogP contribution in [0, 0.1) is 5.41 Å². The molecule has 1 spiro atoms. The van der Waals surface area contributed by atoms with Crippen molar-refractivity contribution in [2.75, 3.05) is 6.61 Å². The molecule has 2 heterocycles. The third kappa shape index (κ3) is 2.33. The average molecular weight is 308 g/mol. The molecule has 5 atom stereocenters. The van der Waals surface area contributed by atoms with E-state index >= 15 is 0 Å². The minimum absolute atomic E-state index is 0.00706. The number of hydrogen-bond donors (Lipinski definition) is 2. The Morgan fingerprint density at radius 2 is 2.05 bits per heavy atom. The van der Waals surface area contributed by atoms with Crippen LogP contribution in [0.25, 0.3) is 0 Å². The number of fused-ring (bicyclic) bond motifs is 2. The molecule has 0 aromatic carbocycles. The van der Waals surface area contributed by atoms with Gasteiger partial charge < -0.3 is 20.1 Å². The zero-order valence-corrected chi connectivity index (χ0v) is 13.5. The van der Waals surface area contributed by atoms with E-state index in [0.29, 0.717) is 12.2 Å².